The Morgan fingerprint density at radius 1 is 1.05 bits per heavy atom. The number of nitrogens with one attached hydrogen (secondary N) is 1. The highest BCUT2D eigenvalue weighted by Crippen LogP contribution is 2.17. The van der Waals surface area contributed by atoms with Crippen molar-refractivity contribution in [2.24, 2.45) is 0 Å². The Balaban J connectivity index is 1.69. The van der Waals surface area contributed by atoms with Crippen molar-refractivity contribution in [2.45, 2.75) is 11.0 Å². The number of hydrogen-bond acceptors (Lipinski definition) is 3. The summed E-state index contributed by atoms with van der Waals surface area (Å²) in [4.78, 5) is 1.19. The monoisotopic (exact) mass is 309 g/mol. The van der Waals surface area contributed by atoms with Gasteiger partial charge in [-0.3, -0.25) is 0 Å². The van der Waals surface area contributed by atoms with Gasteiger partial charge in [0.1, 0.15) is 0 Å². The molecule has 1 unspecified atom stereocenters. The van der Waals surface area contributed by atoms with Gasteiger partial charge in [-0.05, 0) is 29.8 Å². The Bertz CT molecular complexity index is 565. The zero-order valence-electron chi connectivity index (χ0n) is 11.4. The minimum absolute atomic E-state index is 0.306. The third kappa shape index (κ3) is 5.12. The molecule has 0 radical (unpaired) electrons. The number of hydrogen-bond donors (Lipinski definition) is 2. The van der Waals surface area contributed by atoms with Gasteiger partial charge in [-0.25, -0.2) is 8.78 Å². The van der Waals surface area contributed by atoms with Gasteiger partial charge in [0, 0.05) is 23.7 Å². The lowest BCUT2D eigenvalue weighted by Crippen LogP contribution is -2.23. The van der Waals surface area contributed by atoms with Crippen LogP contribution in [0, 0.1) is 11.6 Å². The van der Waals surface area contributed by atoms with Gasteiger partial charge >= 0.3 is 0 Å². The molecule has 2 nitrogen and oxygen atoms in total. The lowest BCUT2D eigenvalue weighted by atomic mass is 10.1. The largest absolute Gasteiger partial charge is 0.387 e. The van der Waals surface area contributed by atoms with Crippen molar-refractivity contribution >= 4 is 11.8 Å². The van der Waals surface area contributed by atoms with Gasteiger partial charge in [-0.1, -0.05) is 24.3 Å². The van der Waals surface area contributed by atoms with Crippen LogP contribution in [-0.2, 0) is 0 Å². The first kappa shape index (κ1) is 15.9. The molecule has 2 aromatic carbocycles. The highest BCUT2D eigenvalue weighted by molar-refractivity contribution is 7.99. The maximum atomic E-state index is 13.1. The van der Waals surface area contributed by atoms with Crippen LogP contribution in [0.5, 0.6) is 0 Å². The lowest BCUT2D eigenvalue weighted by Gasteiger charge is -2.12. The Labute approximate surface area is 127 Å². The maximum Gasteiger partial charge on any atom is 0.159 e. The van der Waals surface area contributed by atoms with E-state index in [0.29, 0.717) is 12.1 Å². The van der Waals surface area contributed by atoms with E-state index in [4.69, 9.17) is 0 Å². The zero-order chi connectivity index (χ0) is 15.1. The van der Waals surface area contributed by atoms with E-state index in [1.54, 1.807) is 11.8 Å². The molecule has 21 heavy (non-hydrogen) atoms. The van der Waals surface area contributed by atoms with E-state index < -0.39 is 17.7 Å². The summed E-state index contributed by atoms with van der Waals surface area (Å²) in [6.07, 6.45) is -0.846. The van der Waals surface area contributed by atoms with Crippen LogP contribution >= 0.6 is 11.8 Å². The molecule has 112 valence electrons. The van der Waals surface area contributed by atoms with Crippen molar-refractivity contribution < 1.29 is 13.9 Å². The predicted octanol–water partition coefficient (Wildman–Crippen LogP) is 3.38. The van der Waals surface area contributed by atoms with Gasteiger partial charge in [0.2, 0.25) is 0 Å². The van der Waals surface area contributed by atoms with Crippen molar-refractivity contribution in [3.63, 3.8) is 0 Å². The molecular weight excluding hydrogens is 292 g/mol. The Hall–Kier alpha value is -1.43. The fourth-order valence-corrected chi connectivity index (χ4v) is 2.67. The number of benzene rings is 2. The normalized spacial score (nSPS) is 12.3. The Morgan fingerprint density at radius 3 is 2.52 bits per heavy atom. The molecule has 0 spiro atoms. The van der Waals surface area contributed by atoms with E-state index in [9.17, 15) is 13.9 Å². The molecule has 0 aliphatic rings. The molecule has 0 aromatic heterocycles. The second-order valence-corrected chi connectivity index (χ2v) is 5.72. The second kappa shape index (κ2) is 8.12. The number of aliphatic hydroxyl groups excluding tert-OH is 1. The third-order valence-corrected chi connectivity index (χ3v) is 3.97. The first-order chi connectivity index (χ1) is 10.2. The first-order valence-corrected chi connectivity index (χ1v) is 7.67. The summed E-state index contributed by atoms with van der Waals surface area (Å²) >= 11 is 1.72. The molecule has 0 fully saturated rings. The van der Waals surface area contributed by atoms with Gasteiger partial charge in [-0.2, -0.15) is 0 Å². The fourth-order valence-electron chi connectivity index (χ4n) is 1.83. The maximum absolute atomic E-state index is 13.1. The van der Waals surface area contributed by atoms with Gasteiger partial charge < -0.3 is 10.4 Å². The number of rotatable bonds is 7. The summed E-state index contributed by atoms with van der Waals surface area (Å²) in [5, 5.41) is 13.0. The van der Waals surface area contributed by atoms with Crippen molar-refractivity contribution in [1.29, 1.82) is 0 Å². The van der Waals surface area contributed by atoms with E-state index in [1.165, 1.54) is 11.0 Å². The second-order valence-electron chi connectivity index (χ2n) is 4.55. The van der Waals surface area contributed by atoms with Crippen LogP contribution in [0.3, 0.4) is 0 Å². The highest BCUT2D eigenvalue weighted by Gasteiger charge is 2.10. The highest BCUT2D eigenvalue weighted by atomic mass is 32.2. The summed E-state index contributed by atoms with van der Waals surface area (Å²) in [6.45, 7) is 1.03. The average Bonchev–Trinajstić information content (AvgIpc) is 2.50. The van der Waals surface area contributed by atoms with Crippen LogP contribution in [0.25, 0.3) is 0 Å². The van der Waals surface area contributed by atoms with Crippen LogP contribution < -0.4 is 5.32 Å². The summed E-state index contributed by atoms with van der Waals surface area (Å²) in [6, 6.07) is 13.5. The quantitative estimate of drug-likeness (QED) is 0.607. The molecule has 5 heteroatoms. The van der Waals surface area contributed by atoms with E-state index >= 15 is 0 Å². The molecule has 0 heterocycles. The fraction of sp³-hybridized carbons (Fsp3) is 0.250. The van der Waals surface area contributed by atoms with Gasteiger partial charge in [0.05, 0.1) is 6.10 Å². The Morgan fingerprint density at radius 2 is 1.81 bits per heavy atom. The summed E-state index contributed by atoms with van der Waals surface area (Å²) in [5.41, 5.74) is 0.372. The summed E-state index contributed by atoms with van der Waals surface area (Å²) < 4.78 is 25.9. The van der Waals surface area contributed by atoms with E-state index in [1.807, 2.05) is 30.3 Å². The molecule has 0 amide bonds. The molecule has 0 saturated heterocycles. The average molecular weight is 309 g/mol. The lowest BCUT2D eigenvalue weighted by molar-refractivity contribution is 0.175. The summed E-state index contributed by atoms with van der Waals surface area (Å²) in [7, 11) is 0. The van der Waals surface area contributed by atoms with Crippen LogP contribution in [0.2, 0.25) is 0 Å². The van der Waals surface area contributed by atoms with Crippen LogP contribution in [0.1, 0.15) is 11.7 Å². The molecule has 0 bridgehead atoms. The van der Waals surface area contributed by atoms with E-state index in [0.717, 1.165) is 24.4 Å². The van der Waals surface area contributed by atoms with Gasteiger partial charge in [0.25, 0.3) is 0 Å². The smallest absolute Gasteiger partial charge is 0.159 e. The Kier molecular flexibility index (Phi) is 6.17. The predicted molar refractivity (Wildman–Crippen MR) is 81.4 cm³/mol. The van der Waals surface area contributed by atoms with Crippen molar-refractivity contribution in [3.8, 4) is 0 Å². The molecular formula is C16H17F2NOS. The van der Waals surface area contributed by atoms with Crippen molar-refractivity contribution in [3.05, 3.63) is 65.7 Å². The zero-order valence-corrected chi connectivity index (χ0v) is 12.2. The molecule has 0 saturated carbocycles. The van der Waals surface area contributed by atoms with Crippen molar-refractivity contribution in [1.82, 2.24) is 5.32 Å². The molecule has 2 aromatic rings. The van der Waals surface area contributed by atoms with Crippen LogP contribution in [0.15, 0.2) is 53.4 Å². The minimum atomic E-state index is -0.939. The van der Waals surface area contributed by atoms with E-state index in [2.05, 4.69) is 5.32 Å². The van der Waals surface area contributed by atoms with Crippen molar-refractivity contribution in [2.75, 3.05) is 18.8 Å². The van der Waals surface area contributed by atoms with E-state index in [-0.39, 0.29) is 0 Å². The number of halogens is 2. The number of thioether (sulfide) groups is 1. The van der Waals surface area contributed by atoms with Crippen LogP contribution in [0.4, 0.5) is 8.78 Å². The topological polar surface area (TPSA) is 32.3 Å². The first-order valence-electron chi connectivity index (χ1n) is 6.68. The molecule has 1 atom stereocenters. The number of aliphatic hydroxyl groups is 1. The standard InChI is InChI=1S/C16H17F2NOS/c17-14-7-6-12(10-15(14)18)16(20)11-19-8-9-21-13-4-2-1-3-5-13/h1-7,10,16,19-20H,8-9,11H2. The molecule has 0 aliphatic carbocycles. The minimum Gasteiger partial charge on any atom is -0.387 e. The molecule has 2 rings (SSSR count). The van der Waals surface area contributed by atoms with Gasteiger partial charge in [-0.15, -0.1) is 11.8 Å². The third-order valence-electron chi connectivity index (χ3n) is 2.96. The molecule has 2 N–H and O–H groups in total. The van der Waals surface area contributed by atoms with Gasteiger partial charge in [0.15, 0.2) is 11.6 Å². The summed E-state index contributed by atoms with van der Waals surface area (Å²) in [5.74, 6) is -0.974. The van der Waals surface area contributed by atoms with Crippen LogP contribution in [-0.4, -0.2) is 23.9 Å². The molecule has 0 aliphatic heterocycles. The SMILES string of the molecule is OC(CNCCSc1ccccc1)c1ccc(F)c(F)c1.